The molecule has 0 amide bonds. The highest BCUT2D eigenvalue weighted by Gasteiger charge is 2.14. The fourth-order valence-electron chi connectivity index (χ4n) is 1.90. The van der Waals surface area contributed by atoms with Gasteiger partial charge >= 0.3 is 0 Å². The van der Waals surface area contributed by atoms with Crippen LogP contribution in [-0.4, -0.2) is 55.7 Å². The third-order valence-electron chi connectivity index (χ3n) is 2.87. The minimum absolute atomic E-state index is 0.0427. The first-order chi connectivity index (χ1) is 8.70. The zero-order chi connectivity index (χ0) is 13.0. The van der Waals surface area contributed by atoms with Gasteiger partial charge in [0.15, 0.2) is 5.78 Å². The largest absolute Gasteiger partial charge is 0.490 e. The van der Waals surface area contributed by atoms with E-state index >= 15 is 0 Å². The molecule has 0 aromatic heterocycles. The van der Waals surface area contributed by atoms with Crippen molar-refractivity contribution in [3.63, 3.8) is 0 Å². The Morgan fingerprint density at radius 1 is 1.56 bits per heavy atom. The van der Waals surface area contributed by atoms with E-state index < -0.39 is 0 Å². The number of aliphatic hydroxyl groups excluding tert-OH is 1. The molecule has 1 aromatic carbocycles. The van der Waals surface area contributed by atoms with Gasteiger partial charge in [-0.25, -0.2) is 0 Å². The molecular weight excluding hydrogens is 232 g/mol. The number of hydrogen-bond donors (Lipinski definition) is 2. The van der Waals surface area contributed by atoms with Crippen LogP contribution >= 0.6 is 0 Å². The van der Waals surface area contributed by atoms with Gasteiger partial charge < -0.3 is 15.2 Å². The normalized spacial score (nSPS) is 13.7. The second-order valence-electron chi connectivity index (χ2n) is 4.37. The lowest BCUT2D eigenvalue weighted by Crippen LogP contribution is -2.28. The molecule has 0 saturated heterocycles. The number of rotatable bonds is 5. The molecule has 5 heteroatoms. The van der Waals surface area contributed by atoms with Gasteiger partial charge in [-0.3, -0.25) is 9.69 Å². The topological polar surface area (TPSA) is 61.8 Å². The standard InChI is InChI=1S/C13H18N2O3/c1-15(5-6-16)9-12(17)10-2-3-13-11(8-10)14-4-7-18-13/h2-3,8,14,16H,4-7,9H2,1H3. The molecule has 2 rings (SSSR count). The van der Waals surface area contributed by atoms with E-state index in [1.54, 1.807) is 11.0 Å². The van der Waals surface area contributed by atoms with E-state index in [1.807, 2.05) is 19.2 Å². The molecule has 1 heterocycles. The second kappa shape index (κ2) is 5.84. The van der Waals surface area contributed by atoms with Gasteiger partial charge in [0.2, 0.25) is 0 Å². The summed E-state index contributed by atoms with van der Waals surface area (Å²) in [5.41, 5.74) is 1.54. The van der Waals surface area contributed by atoms with Gasteiger partial charge in [0.05, 0.1) is 18.8 Å². The zero-order valence-corrected chi connectivity index (χ0v) is 10.5. The molecule has 1 aliphatic rings. The molecule has 0 radical (unpaired) electrons. The van der Waals surface area contributed by atoms with Crippen LogP contribution in [0.4, 0.5) is 5.69 Å². The average Bonchev–Trinajstić information content (AvgIpc) is 2.38. The Morgan fingerprint density at radius 3 is 3.17 bits per heavy atom. The van der Waals surface area contributed by atoms with Gasteiger partial charge in [0, 0.05) is 18.7 Å². The maximum Gasteiger partial charge on any atom is 0.176 e. The number of ether oxygens (including phenoxy) is 1. The monoisotopic (exact) mass is 250 g/mol. The Labute approximate surface area is 106 Å². The predicted octanol–water partition coefficient (Wildman–Crippen LogP) is 0.598. The third-order valence-corrected chi connectivity index (χ3v) is 2.87. The molecular formula is C13H18N2O3. The van der Waals surface area contributed by atoms with Crippen LogP contribution in [0.15, 0.2) is 18.2 Å². The Balaban J connectivity index is 2.06. The summed E-state index contributed by atoms with van der Waals surface area (Å²) in [6.07, 6.45) is 0. The van der Waals surface area contributed by atoms with Crippen LogP contribution in [0.1, 0.15) is 10.4 Å². The minimum atomic E-state index is 0.0427. The summed E-state index contributed by atoms with van der Waals surface area (Å²) in [7, 11) is 1.81. The number of carbonyl (C=O) groups is 1. The maximum absolute atomic E-state index is 12.0. The number of nitrogens with zero attached hydrogens (tertiary/aromatic N) is 1. The summed E-state index contributed by atoms with van der Waals surface area (Å²) in [5.74, 6) is 0.836. The molecule has 0 fully saturated rings. The molecule has 0 spiro atoms. The van der Waals surface area contributed by atoms with Crippen LogP contribution < -0.4 is 10.1 Å². The third kappa shape index (κ3) is 3.00. The number of carbonyl (C=O) groups excluding carboxylic acids is 1. The number of fused-ring (bicyclic) bond motifs is 1. The number of Topliss-reactive ketones (excluding diaryl/α,β-unsaturated/α-hetero) is 1. The summed E-state index contributed by atoms with van der Waals surface area (Å²) < 4.78 is 5.46. The van der Waals surface area contributed by atoms with Crippen molar-refractivity contribution in [3.05, 3.63) is 23.8 Å². The van der Waals surface area contributed by atoms with Gasteiger partial charge in [0.25, 0.3) is 0 Å². The number of nitrogens with one attached hydrogen (secondary N) is 1. The number of benzene rings is 1. The highest BCUT2D eigenvalue weighted by atomic mass is 16.5. The van der Waals surface area contributed by atoms with Crippen molar-refractivity contribution in [1.29, 1.82) is 0 Å². The Kier molecular flexibility index (Phi) is 4.17. The number of aliphatic hydroxyl groups is 1. The van der Waals surface area contributed by atoms with Gasteiger partial charge in [0.1, 0.15) is 12.4 Å². The van der Waals surface area contributed by atoms with Gasteiger partial charge in [-0.1, -0.05) is 0 Å². The van der Waals surface area contributed by atoms with Crippen LogP contribution in [0.25, 0.3) is 0 Å². The molecule has 1 aliphatic heterocycles. The van der Waals surface area contributed by atoms with E-state index in [9.17, 15) is 4.79 Å². The summed E-state index contributed by atoms with van der Waals surface area (Å²) in [4.78, 5) is 13.8. The van der Waals surface area contributed by atoms with Gasteiger partial charge in [-0.15, -0.1) is 0 Å². The van der Waals surface area contributed by atoms with Crippen LogP contribution in [0.5, 0.6) is 5.75 Å². The molecule has 98 valence electrons. The van der Waals surface area contributed by atoms with E-state index in [-0.39, 0.29) is 12.4 Å². The average molecular weight is 250 g/mol. The molecule has 5 nitrogen and oxygen atoms in total. The Morgan fingerprint density at radius 2 is 2.39 bits per heavy atom. The SMILES string of the molecule is CN(CCO)CC(=O)c1ccc2c(c1)NCCO2. The fraction of sp³-hybridized carbons (Fsp3) is 0.462. The summed E-state index contributed by atoms with van der Waals surface area (Å²) in [5, 5.41) is 12.0. The van der Waals surface area contributed by atoms with E-state index in [1.165, 1.54) is 0 Å². The van der Waals surface area contributed by atoms with Crippen molar-refractivity contribution in [2.75, 3.05) is 45.2 Å². The molecule has 0 bridgehead atoms. The number of likely N-dealkylation sites (N-methyl/N-ethyl adjacent to an activating group) is 1. The zero-order valence-electron chi connectivity index (χ0n) is 10.5. The lowest BCUT2D eigenvalue weighted by atomic mass is 10.1. The van der Waals surface area contributed by atoms with Crippen molar-refractivity contribution in [2.45, 2.75) is 0 Å². The van der Waals surface area contributed by atoms with Gasteiger partial charge in [-0.05, 0) is 25.2 Å². The lowest BCUT2D eigenvalue weighted by molar-refractivity contribution is 0.0935. The molecule has 18 heavy (non-hydrogen) atoms. The minimum Gasteiger partial charge on any atom is -0.490 e. The van der Waals surface area contributed by atoms with E-state index in [4.69, 9.17) is 9.84 Å². The van der Waals surface area contributed by atoms with Crippen LogP contribution in [0.2, 0.25) is 0 Å². The summed E-state index contributed by atoms with van der Waals surface area (Å²) in [6, 6.07) is 5.42. The van der Waals surface area contributed by atoms with Crippen LogP contribution in [0, 0.1) is 0 Å². The highest BCUT2D eigenvalue weighted by Crippen LogP contribution is 2.28. The number of hydrogen-bond acceptors (Lipinski definition) is 5. The molecule has 0 atom stereocenters. The molecule has 0 aliphatic carbocycles. The first-order valence-electron chi connectivity index (χ1n) is 6.04. The van der Waals surface area contributed by atoms with E-state index in [2.05, 4.69) is 5.32 Å². The van der Waals surface area contributed by atoms with E-state index in [0.717, 1.165) is 18.0 Å². The molecule has 0 unspecified atom stereocenters. The first-order valence-corrected chi connectivity index (χ1v) is 6.04. The maximum atomic E-state index is 12.0. The van der Waals surface area contributed by atoms with Gasteiger partial charge in [-0.2, -0.15) is 0 Å². The predicted molar refractivity (Wildman–Crippen MR) is 69.3 cm³/mol. The second-order valence-corrected chi connectivity index (χ2v) is 4.37. The smallest absolute Gasteiger partial charge is 0.176 e. The quantitative estimate of drug-likeness (QED) is 0.749. The lowest BCUT2D eigenvalue weighted by Gasteiger charge is -2.20. The summed E-state index contributed by atoms with van der Waals surface area (Å²) >= 11 is 0. The van der Waals surface area contributed by atoms with Crippen molar-refractivity contribution >= 4 is 11.5 Å². The van der Waals surface area contributed by atoms with Crippen LogP contribution in [0.3, 0.4) is 0 Å². The van der Waals surface area contributed by atoms with Crippen LogP contribution in [-0.2, 0) is 0 Å². The molecule has 2 N–H and O–H groups in total. The first kappa shape index (κ1) is 12.9. The highest BCUT2D eigenvalue weighted by molar-refractivity contribution is 5.98. The number of ketones is 1. The molecule has 0 saturated carbocycles. The fourth-order valence-corrected chi connectivity index (χ4v) is 1.90. The van der Waals surface area contributed by atoms with Crippen molar-refractivity contribution in [3.8, 4) is 5.75 Å². The molecule has 1 aromatic rings. The summed E-state index contributed by atoms with van der Waals surface area (Å²) in [6.45, 7) is 2.27. The van der Waals surface area contributed by atoms with Crippen molar-refractivity contribution in [2.24, 2.45) is 0 Å². The van der Waals surface area contributed by atoms with Crippen molar-refractivity contribution in [1.82, 2.24) is 4.90 Å². The van der Waals surface area contributed by atoms with E-state index in [0.29, 0.717) is 25.3 Å². The number of anilines is 1. The van der Waals surface area contributed by atoms with Crippen molar-refractivity contribution < 1.29 is 14.6 Å². The Bertz CT molecular complexity index is 434. The Hall–Kier alpha value is -1.59.